The van der Waals surface area contributed by atoms with Gasteiger partial charge in [0.2, 0.25) is 10.0 Å². The Hall–Kier alpha value is -2.42. The number of rotatable bonds is 4. The Morgan fingerprint density at radius 3 is 2.18 bits per heavy atom. The molecule has 0 spiro atoms. The number of piperazine rings is 1. The zero-order chi connectivity index (χ0) is 19.7. The molecule has 0 aliphatic carbocycles. The second-order valence-corrected chi connectivity index (χ2v) is 8.99. The van der Waals surface area contributed by atoms with Gasteiger partial charge in [-0.3, -0.25) is 0 Å². The average molecular weight is 418 g/mol. The van der Waals surface area contributed by atoms with Crippen LogP contribution in [0.2, 0.25) is 5.02 Å². The number of aromatic nitrogens is 3. The monoisotopic (exact) mass is 417 g/mol. The van der Waals surface area contributed by atoms with Gasteiger partial charge in [-0.2, -0.15) is 4.31 Å². The Morgan fingerprint density at radius 2 is 1.57 bits per heavy atom. The molecule has 3 aromatic rings. The van der Waals surface area contributed by atoms with Crippen molar-refractivity contribution in [3.8, 4) is 5.82 Å². The fourth-order valence-electron chi connectivity index (χ4n) is 3.15. The number of nitrogens with zero attached hydrogens (tertiary/aromatic N) is 5. The molecule has 2 aromatic heterocycles. The van der Waals surface area contributed by atoms with E-state index in [-0.39, 0.29) is 4.90 Å². The second kappa shape index (κ2) is 7.54. The maximum Gasteiger partial charge on any atom is 0.243 e. The highest BCUT2D eigenvalue weighted by Gasteiger charge is 2.29. The first-order valence-corrected chi connectivity index (χ1v) is 10.8. The van der Waals surface area contributed by atoms with Gasteiger partial charge < -0.3 is 9.47 Å². The summed E-state index contributed by atoms with van der Waals surface area (Å²) in [5, 5.41) is 9.01. The van der Waals surface area contributed by atoms with Crippen LogP contribution in [-0.2, 0) is 10.0 Å². The summed E-state index contributed by atoms with van der Waals surface area (Å²) in [6.45, 7) is 3.72. The van der Waals surface area contributed by atoms with E-state index in [0.29, 0.717) is 31.2 Å². The van der Waals surface area contributed by atoms with Crippen LogP contribution in [0.3, 0.4) is 0 Å². The van der Waals surface area contributed by atoms with Crippen molar-refractivity contribution in [3.63, 3.8) is 0 Å². The smallest absolute Gasteiger partial charge is 0.243 e. The minimum absolute atomic E-state index is 0.229. The summed E-state index contributed by atoms with van der Waals surface area (Å²) in [4.78, 5) is 2.27. The summed E-state index contributed by atoms with van der Waals surface area (Å²) in [5.74, 6) is 1.48. The summed E-state index contributed by atoms with van der Waals surface area (Å²) >= 11 is 6.10. The summed E-state index contributed by atoms with van der Waals surface area (Å²) in [6.07, 6.45) is 3.81. The van der Waals surface area contributed by atoms with Gasteiger partial charge in [0.25, 0.3) is 0 Å². The Bertz CT molecular complexity index is 1060. The molecule has 0 N–H and O–H groups in total. The third kappa shape index (κ3) is 3.63. The molecule has 3 heterocycles. The second-order valence-electron chi connectivity index (χ2n) is 6.64. The average Bonchev–Trinajstić information content (AvgIpc) is 3.25. The first-order valence-electron chi connectivity index (χ1n) is 8.93. The molecule has 0 bridgehead atoms. The van der Waals surface area contributed by atoms with Gasteiger partial charge in [-0.1, -0.05) is 17.7 Å². The molecule has 0 unspecified atom stereocenters. The number of halogens is 1. The predicted octanol–water partition coefficient (Wildman–Crippen LogP) is 2.74. The molecule has 1 aliphatic heterocycles. The van der Waals surface area contributed by atoms with E-state index >= 15 is 0 Å². The zero-order valence-corrected chi connectivity index (χ0v) is 16.9. The van der Waals surface area contributed by atoms with Crippen molar-refractivity contribution >= 4 is 27.4 Å². The SMILES string of the molecule is Cc1ccc(S(=O)(=O)N2CCN(c3ccc(-n4cccc4)nn3)CC2)cc1Cl. The highest BCUT2D eigenvalue weighted by Crippen LogP contribution is 2.24. The number of benzene rings is 1. The summed E-state index contributed by atoms with van der Waals surface area (Å²) in [6, 6.07) is 12.5. The number of hydrogen-bond donors (Lipinski definition) is 0. The molecule has 0 radical (unpaired) electrons. The number of sulfonamides is 1. The minimum Gasteiger partial charge on any atom is -0.352 e. The molecule has 4 rings (SSSR count). The van der Waals surface area contributed by atoms with E-state index in [2.05, 4.69) is 10.2 Å². The quantitative estimate of drug-likeness (QED) is 0.652. The lowest BCUT2D eigenvalue weighted by atomic mass is 10.2. The third-order valence-corrected chi connectivity index (χ3v) is 7.15. The van der Waals surface area contributed by atoms with Crippen molar-refractivity contribution in [3.05, 3.63) is 65.4 Å². The first kappa shape index (κ1) is 18.9. The molecule has 1 fully saturated rings. The highest BCUT2D eigenvalue weighted by atomic mass is 35.5. The van der Waals surface area contributed by atoms with Crippen molar-refractivity contribution in [2.75, 3.05) is 31.1 Å². The topological polar surface area (TPSA) is 71.3 Å². The molecular weight excluding hydrogens is 398 g/mol. The molecule has 28 heavy (non-hydrogen) atoms. The lowest BCUT2D eigenvalue weighted by Crippen LogP contribution is -2.49. The van der Waals surface area contributed by atoms with Gasteiger partial charge in [0, 0.05) is 43.6 Å². The number of anilines is 1. The van der Waals surface area contributed by atoms with E-state index in [0.717, 1.165) is 17.2 Å². The van der Waals surface area contributed by atoms with Gasteiger partial charge in [0.1, 0.15) is 0 Å². The van der Waals surface area contributed by atoms with Crippen molar-refractivity contribution in [1.82, 2.24) is 19.1 Å². The van der Waals surface area contributed by atoms with Crippen molar-refractivity contribution in [2.24, 2.45) is 0 Å². The van der Waals surface area contributed by atoms with Crippen molar-refractivity contribution in [1.29, 1.82) is 0 Å². The molecule has 0 amide bonds. The van der Waals surface area contributed by atoms with Crippen LogP contribution in [0, 0.1) is 6.92 Å². The van der Waals surface area contributed by atoms with Gasteiger partial charge in [-0.15, -0.1) is 10.2 Å². The van der Waals surface area contributed by atoms with E-state index in [1.807, 2.05) is 53.0 Å². The minimum atomic E-state index is -3.56. The fourth-order valence-corrected chi connectivity index (χ4v) is 4.85. The van der Waals surface area contributed by atoms with Crippen LogP contribution in [0.1, 0.15) is 5.56 Å². The molecule has 9 heteroatoms. The summed E-state index contributed by atoms with van der Waals surface area (Å²) in [5.41, 5.74) is 0.854. The van der Waals surface area contributed by atoms with Crippen LogP contribution in [0.4, 0.5) is 5.82 Å². The van der Waals surface area contributed by atoms with Crippen molar-refractivity contribution < 1.29 is 8.42 Å². The van der Waals surface area contributed by atoms with Crippen LogP contribution in [0.5, 0.6) is 0 Å². The van der Waals surface area contributed by atoms with Gasteiger partial charge in [-0.25, -0.2) is 8.42 Å². The molecule has 0 saturated carbocycles. The first-order chi connectivity index (χ1) is 13.4. The largest absolute Gasteiger partial charge is 0.352 e. The van der Waals surface area contributed by atoms with Crippen LogP contribution in [0.25, 0.3) is 5.82 Å². The molecule has 0 atom stereocenters. The maximum absolute atomic E-state index is 12.9. The van der Waals surface area contributed by atoms with Crippen LogP contribution >= 0.6 is 11.6 Å². The predicted molar refractivity (Wildman–Crippen MR) is 109 cm³/mol. The number of hydrogen-bond acceptors (Lipinski definition) is 5. The molecular formula is C19H20ClN5O2S. The lowest BCUT2D eigenvalue weighted by molar-refractivity contribution is 0.383. The Balaban J connectivity index is 1.44. The third-order valence-electron chi connectivity index (χ3n) is 4.85. The fraction of sp³-hybridized carbons (Fsp3) is 0.263. The molecule has 1 saturated heterocycles. The van der Waals surface area contributed by atoms with Crippen LogP contribution in [-0.4, -0.2) is 53.7 Å². The Kier molecular flexibility index (Phi) is 5.09. The van der Waals surface area contributed by atoms with E-state index in [1.165, 1.54) is 10.4 Å². The Morgan fingerprint density at radius 1 is 0.929 bits per heavy atom. The summed E-state index contributed by atoms with van der Waals surface area (Å²) < 4.78 is 29.2. The van der Waals surface area contributed by atoms with E-state index < -0.39 is 10.0 Å². The summed E-state index contributed by atoms with van der Waals surface area (Å²) in [7, 11) is -3.56. The van der Waals surface area contributed by atoms with Gasteiger partial charge in [0.15, 0.2) is 11.6 Å². The van der Waals surface area contributed by atoms with E-state index in [1.54, 1.807) is 12.1 Å². The van der Waals surface area contributed by atoms with E-state index in [9.17, 15) is 8.42 Å². The van der Waals surface area contributed by atoms with Crippen LogP contribution in [0.15, 0.2) is 59.8 Å². The number of aryl methyl sites for hydroxylation is 1. The standard InChI is InChI=1S/C19H20ClN5O2S/c1-15-4-5-16(14-17(15)20)28(26,27)25-12-10-24(11-13-25)19-7-6-18(21-22-19)23-8-2-3-9-23/h2-9,14H,10-13H2,1H3. The van der Waals surface area contributed by atoms with Gasteiger partial charge in [-0.05, 0) is 48.9 Å². The zero-order valence-electron chi connectivity index (χ0n) is 15.4. The van der Waals surface area contributed by atoms with Crippen LogP contribution < -0.4 is 4.90 Å². The molecule has 1 aromatic carbocycles. The van der Waals surface area contributed by atoms with Gasteiger partial charge >= 0.3 is 0 Å². The molecule has 7 nitrogen and oxygen atoms in total. The molecule has 1 aliphatic rings. The van der Waals surface area contributed by atoms with Crippen molar-refractivity contribution in [2.45, 2.75) is 11.8 Å². The maximum atomic E-state index is 12.9. The van der Waals surface area contributed by atoms with Gasteiger partial charge in [0.05, 0.1) is 4.90 Å². The molecule has 146 valence electrons. The normalized spacial score (nSPS) is 15.7. The van der Waals surface area contributed by atoms with E-state index in [4.69, 9.17) is 11.6 Å². The Labute approximate surface area is 169 Å². The highest BCUT2D eigenvalue weighted by molar-refractivity contribution is 7.89. The lowest BCUT2D eigenvalue weighted by Gasteiger charge is -2.34.